The van der Waals surface area contributed by atoms with Crippen molar-refractivity contribution in [3.05, 3.63) is 129 Å². The maximum Gasteiger partial charge on any atom is 0.123 e. The Labute approximate surface area is 266 Å². The van der Waals surface area contributed by atoms with Crippen molar-refractivity contribution in [1.82, 2.24) is 9.80 Å². The smallest absolute Gasteiger partial charge is 0.123 e. The van der Waals surface area contributed by atoms with Crippen LogP contribution >= 0.6 is 0 Å². The Hall–Kier alpha value is -3.60. The number of phenolic OH excluding ortho intramolecular Hbond substituents is 2. The first kappa shape index (κ1) is 33.3. The fourth-order valence-corrected chi connectivity index (χ4v) is 6.48. The molecule has 0 fully saturated rings. The second kappa shape index (κ2) is 13.2. The van der Waals surface area contributed by atoms with E-state index in [1.165, 1.54) is 11.1 Å². The maximum absolute atomic E-state index is 11.5. The van der Waals surface area contributed by atoms with E-state index in [2.05, 4.69) is 164 Å². The summed E-state index contributed by atoms with van der Waals surface area (Å²) in [6, 6.07) is 29.7. The van der Waals surface area contributed by atoms with E-state index in [-0.39, 0.29) is 22.9 Å². The fourth-order valence-electron chi connectivity index (χ4n) is 6.48. The summed E-state index contributed by atoms with van der Waals surface area (Å²) < 4.78 is 0. The molecule has 0 aliphatic heterocycles. The number of benzene rings is 4. The van der Waals surface area contributed by atoms with Crippen molar-refractivity contribution in [1.29, 1.82) is 0 Å². The molecule has 0 spiro atoms. The summed E-state index contributed by atoms with van der Waals surface area (Å²) in [5, 5.41) is 23.0. The molecule has 0 saturated carbocycles. The van der Waals surface area contributed by atoms with Crippen molar-refractivity contribution in [3.63, 3.8) is 0 Å². The van der Waals surface area contributed by atoms with Crippen LogP contribution in [0.15, 0.2) is 84.9 Å². The van der Waals surface area contributed by atoms with E-state index >= 15 is 0 Å². The molecule has 2 N–H and O–H groups in total. The van der Waals surface area contributed by atoms with Crippen molar-refractivity contribution in [2.75, 3.05) is 14.1 Å². The molecular formula is C40H52N2O2. The van der Waals surface area contributed by atoms with Gasteiger partial charge in [0.15, 0.2) is 0 Å². The number of rotatable bonds is 9. The number of aromatic hydroxyl groups is 2. The number of aryl methyl sites for hydroxylation is 2. The van der Waals surface area contributed by atoms with Gasteiger partial charge in [-0.1, -0.05) is 138 Å². The van der Waals surface area contributed by atoms with E-state index in [1.807, 2.05) is 0 Å². The molecule has 4 heteroatoms. The van der Waals surface area contributed by atoms with Gasteiger partial charge < -0.3 is 10.2 Å². The lowest BCUT2D eigenvalue weighted by molar-refractivity contribution is 0.100. The lowest BCUT2D eigenvalue weighted by Crippen LogP contribution is -2.37. The molecule has 0 unspecified atom stereocenters. The molecule has 0 heterocycles. The molecule has 4 aromatic rings. The van der Waals surface area contributed by atoms with Gasteiger partial charge in [-0.3, -0.25) is 9.80 Å². The van der Waals surface area contributed by atoms with Crippen LogP contribution in [-0.4, -0.2) is 34.1 Å². The molecule has 0 radical (unpaired) electrons. The van der Waals surface area contributed by atoms with E-state index in [1.54, 1.807) is 0 Å². The second-order valence-electron chi connectivity index (χ2n) is 14.7. The number of nitrogens with zero attached hydrogens (tertiary/aromatic N) is 2. The first-order chi connectivity index (χ1) is 20.6. The molecule has 234 valence electrons. The van der Waals surface area contributed by atoms with Gasteiger partial charge in [0.2, 0.25) is 0 Å². The van der Waals surface area contributed by atoms with Crippen molar-refractivity contribution in [2.24, 2.45) is 0 Å². The molecule has 0 aliphatic rings. The highest BCUT2D eigenvalue weighted by Gasteiger charge is 2.33. The number of likely N-dealkylation sites (N-methyl/N-ethyl adjacent to an activating group) is 2. The third kappa shape index (κ3) is 7.54. The monoisotopic (exact) mass is 592 g/mol. The Kier molecular flexibility index (Phi) is 9.97. The zero-order valence-electron chi connectivity index (χ0n) is 28.4. The van der Waals surface area contributed by atoms with Crippen LogP contribution in [0.2, 0.25) is 0 Å². The van der Waals surface area contributed by atoms with Crippen LogP contribution < -0.4 is 0 Å². The fraction of sp³-hybridized carbons (Fsp3) is 0.400. The number of hydrogen-bond donors (Lipinski definition) is 2. The van der Waals surface area contributed by atoms with Crippen molar-refractivity contribution in [2.45, 2.75) is 91.4 Å². The van der Waals surface area contributed by atoms with Crippen molar-refractivity contribution >= 4 is 0 Å². The van der Waals surface area contributed by atoms with Crippen molar-refractivity contribution < 1.29 is 10.2 Å². The quantitative estimate of drug-likeness (QED) is 0.203. The number of phenols is 2. The van der Waals surface area contributed by atoms with E-state index in [4.69, 9.17) is 0 Å². The largest absolute Gasteiger partial charge is 0.507 e. The lowest BCUT2D eigenvalue weighted by atomic mass is 9.83. The van der Waals surface area contributed by atoms with Gasteiger partial charge in [0, 0.05) is 24.2 Å². The summed E-state index contributed by atoms with van der Waals surface area (Å²) in [5.74, 6) is 0.761. The molecule has 4 rings (SSSR count). The van der Waals surface area contributed by atoms with Crippen LogP contribution in [0.4, 0.5) is 0 Å². The second-order valence-corrected chi connectivity index (χ2v) is 14.7. The molecule has 44 heavy (non-hydrogen) atoms. The van der Waals surface area contributed by atoms with Crippen LogP contribution in [0.25, 0.3) is 0 Å². The Balaban J connectivity index is 1.83. The molecule has 0 saturated heterocycles. The van der Waals surface area contributed by atoms with Gasteiger partial charge in [0.25, 0.3) is 0 Å². The minimum absolute atomic E-state index is 0.0457. The summed E-state index contributed by atoms with van der Waals surface area (Å²) in [7, 11) is 4.31. The summed E-state index contributed by atoms with van der Waals surface area (Å²) in [6.07, 6.45) is 0. The highest BCUT2D eigenvalue weighted by atomic mass is 16.3. The predicted molar refractivity (Wildman–Crippen MR) is 184 cm³/mol. The van der Waals surface area contributed by atoms with Crippen LogP contribution in [0.1, 0.15) is 98.1 Å². The zero-order chi connectivity index (χ0) is 32.4. The minimum atomic E-state index is -0.170. The van der Waals surface area contributed by atoms with E-state index in [9.17, 15) is 10.2 Å². The Morgan fingerprint density at radius 1 is 0.545 bits per heavy atom. The Bertz CT molecular complexity index is 1430. The molecule has 0 bridgehead atoms. The minimum Gasteiger partial charge on any atom is -0.507 e. The third-order valence-corrected chi connectivity index (χ3v) is 8.65. The van der Waals surface area contributed by atoms with Gasteiger partial charge in [-0.2, -0.15) is 0 Å². The van der Waals surface area contributed by atoms with Crippen LogP contribution in [-0.2, 0) is 23.9 Å². The van der Waals surface area contributed by atoms with Gasteiger partial charge in [0.1, 0.15) is 11.5 Å². The van der Waals surface area contributed by atoms with Gasteiger partial charge in [-0.15, -0.1) is 0 Å². The Morgan fingerprint density at radius 2 is 0.864 bits per heavy atom. The van der Waals surface area contributed by atoms with Crippen LogP contribution in [0.3, 0.4) is 0 Å². The highest BCUT2D eigenvalue weighted by Crippen LogP contribution is 2.42. The SMILES string of the molecule is Cc1cc(CN(C)[C@H](c2ccccc2)[C@@H](c2ccccc2)N(C)Cc2cc(C)cc(C(C)(C)C)c2O)c(O)c(C(C)(C)C)c1. The lowest BCUT2D eigenvalue weighted by Gasteiger charge is -2.41. The van der Waals surface area contributed by atoms with Gasteiger partial charge in [-0.25, -0.2) is 0 Å². The molecule has 0 aliphatic carbocycles. The normalized spacial score (nSPS) is 13.8. The summed E-state index contributed by atoms with van der Waals surface area (Å²) in [5.41, 5.74) is 8.15. The summed E-state index contributed by atoms with van der Waals surface area (Å²) in [6.45, 7) is 18.3. The highest BCUT2D eigenvalue weighted by molar-refractivity contribution is 5.48. The average molecular weight is 593 g/mol. The predicted octanol–water partition coefficient (Wildman–Crippen LogP) is 9.36. The van der Waals surface area contributed by atoms with Gasteiger partial charge >= 0.3 is 0 Å². The van der Waals surface area contributed by atoms with Crippen LogP contribution in [0, 0.1) is 13.8 Å². The molecule has 0 aromatic heterocycles. The molecule has 4 nitrogen and oxygen atoms in total. The Morgan fingerprint density at radius 3 is 1.16 bits per heavy atom. The first-order valence-corrected chi connectivity index (χ1v) is 15.7. The topological polar surface area (TPSA) is 46.9 Å². The maximum atomic E-state index is 11.5. The van der Waals surface area contributed by atoms with E-state index < -0.39 is 0 Å². The molecule has 2 atom stereocenters. The van der Waals surface area contributed by atoms with Crippen molar-refractivity contribution in [3.8, 4) is 11.5 Å². The van der Waals surface area contributed by atoms with E-state index in [0.29, 0.717) is 24.6 Å². The average Bonchev–Trinajstić information content (AvgIpc) is 2.94. The third-order valence-electron chi connectivity index (χ3n) is 8.65. The summed E-state index contributed by atoms with van der Waals surface area (Å²) in [4.78, 5) is 4.72. The van der Waals surface area contributed by atoms with Gasteiger partial charge in [-0.05, 0) is 61.0 Å². The molecule has 4 aromatic carbocycles. The zero-order valence-corrected chi connectivity index (χ0v) is 28.4. The molecular weight excluding hydrogens is 540 g/mol. The molecule has 0 amide bonds. The van der Waals surface area contributed by atoms with Gasteiger partial charge in [0.05, 0.1) is 12.1 Å². The van der Waals surface area contributed by atoms with Crippen LogP contribution in [0.5, 0.6) is 11.5 Å². The standard InChI is InChI=1S/C40H52N2O2/c1-27-21-31(37(43)33(23-27)39(3,4)5)25-41(9)35(29-17-13-11-14-18-29)36(30-19-15-12-16-20-30)42(10)26-32-22-28(2)24-34(38(32)44)40(6,7)8/h11-24,35-36,43-44H,25-26H2,1-10H3/t35-,36-/m1/s1. The number of hydrogen-bond acceptors (Lipinski definition) is 4. The van der Waals surface area contributed by atoms with E-state index in [0.717, 1.165) is 33.4 Å². The summed E-state index contributed by atoms with van der Waals surface area (Å²) >= 11 is 0. The first-order valence-electron chi connectivity index (χ1n) is 15.7.